The summed E-state index contributed by atoms with van der Waals surface area (Å²) in [5.41, 5.74) is 0. The van der Waals surface area contributed by atoms with Gasteiger partial charge in [0.05, 0.1) is 0 Å². The van der Waals surface area contributed by atoms with E-state index in [1.54, 1.807) is 4.90 Å². The maximum absolute atomic E-state index is 4.61. The SMILES string of the molecule is CN(C)C(=S)S.[NaH].[NaH]. The van der Waals surface area contributed by atoms with Gasteiger partial charge in [-0.2, -0.15) is 0 Å². The van der Waals surface area contributed by atoms with Gasteiger partial charge >= 0.3 is 59.1 Å². The monoisotopic (exact) mass is 169 g/mol. The zero-order valence-corrected chi connectivity index (χ0v) is 5.51. The Hall–Kier alpha value is 2.24. The summed E-state index contributed by atoms with van der Waals surface area (Å²) >= 11 is 8.46. The van der Waals surface area contributed by atoms with E-state index < -0.39 is 0 Å². The van der Waals surface area contributed by atoms with Gasteiger partial charge in [0.15, 0.2) is 0 Å². The second kappa shape index (κ2) is 9.24. The van der Waals surface area contributed by atoms with Gasteiger partial charge in [-0.15, -0.1) is 12.6 Å². The van der Waals surface area contributed by atoms with Gasteiger partial charge in [-0.3, -0.25) is 0 Å². The first-order valence-electron chi connectivity index (χ1n) is 1.55. The van der Waals surface area contributed by atoms with Crippen molar-refractivity contribution in [3.05, 3.63) is 0 Å². The Labute approximate surface area is 106 Å². The van der Waals surface area contributed by atoms with E-state index >= 15 is 0 Å². The standard InChI is InChI=1S/C3H7NS2.2Na.2H/c1-4(2)3(5)6;;;;/h1-2H3,(H,5,6);;;;. The van der Waals surface area contributed by atoms with Gasteiger partial charge in [0, 0.05) is 14.1 Å². The molecule has 1 nitrogen and oxygen atoms in total. The van der Waals surface area contributed by atoms with Gasteiger partial charge < -0.3 is 4.90 Å². The Balaban J connectivity index is -0.000000125. The topological polar surface area (TPSA) is 3.24 Å². The first kappa shape index (κ1) is 16.7. The zero-order chi connectivity index (χ0) is 5.15. The van der Waals surface area contributed by atoms with Crippen molar-refractivity contribution < 1.29 is 0 Å². The van der Waals surface area contributed by atoms with Gasteiger partial charge in [-0.25, -0.2) is 0 Å². The normalized spacial score (nSPS) is 5.88. The molecule has 0 spiro atoms. The average molecular weight is 169 g/mol. The summed E-state index contributed by atoms with van der Waals surface area (Å²) in [5.74, 6) is 0. The Morgan fingerprint density at radius 2 is 1.50 bits per heavy atom. The van der Waals surface area contributed by atoms with Crippen LogP contribution >= 0.6 is 24.8 Å². The molecule has 0 aliphatic heterocycles. The first-order chi connectivity index (χ1) is 2.64. The molecular weight excluding hydrogens is 160 g/mol. The fraction of sp³-hybridized carbons (Fsp3) is 0.667. The van der Waals surface area contributed by atoms with E-state index in [4.69, 9.17) is 0 Å². The summed E-state index contributed by atoms with van der Waals surface area (Å²) < 4.78 is 0.620. The van der Waals surface area contributed by atoms with Crippen LogP contribution in [0.1, 0.15) is 0 Å². The van der Waals surface area contributed by atoms with Crippen LogP contribution in [0.5, 0.6) is 0 Å². The van der Waals surface area contributed by atoms with Gasteiger partial charge in [-0.05, 0) is 0 Å². The molecule has 0 aliphatic carbocycles. The van der Waals surface area contributed by atoms with Crippen LogP contribution in [0.3, 0.4) is 0 Å². The van der Waals surface area contributed by atoms with Gasteiger partial charge in [-0.1, -0.05) is 12.2 Å². The minimum absolute atomic E-state index is 0. The molecule has 0 heterocycles. The van der Waals surface area contributed by atoms with Crippen LogP contribution in [-0.4, -0.2) is 82.4 Å². The summed E-state index contributed by atoms with van der Waals surface area (Å²) in [6.07, 6.45) is 0. The number of thiol groups is 1. The third-order valence-corrected chi connectivity index (χ3v) is 1.15. The van der Waals surface area contributed by atoms with Crippen molar-refractivity contribution in [2.45, 2.75) is 0 Å². The molecule has 0 aromatic carbocycles. The molecule has 0 radical (unpaired) electrons. The molecule has 0 fully saturated rings. The molecule has 40 valence electrons. The molecule has 5 heteroatoms. The van der Waals surface area contributed by atoms with Crippen LogP contribution in [0.25, 0.3) is 0 Å². The van der Waals surface area contributed by atoms with Crippen molar-refractivity contribution in [2.75, 3.05) is 14.1 Å². The van der Waals surface area contributed by atoms with Crippen LogP contribution in [-0.2, 0) is 0 Å². The number of hydrogen-bond donors (Lipinski definition) is 1. The van der Waals surface area contributed by atoms with E-state index in [0.29, 0.717) is 4.32 Å². The Bertz CT molecular complexity index is 66.3. The summed E-state index contributed by atoms with van der Waals surface area (Å²) in [6, 6.07) is 0. The van der Waals surface area contributed by atoms with E-state index in [1.165, 1.54) is 0 Å². The quantitative estimate of drug-likeness (QED) is 0.295. The van der Waals surface area contributed by atoms with Crippen molar-refractivity contribution in [2.24, 2.45) is 0 Å². The van der Waals surface area contributed by atoms with Crippen molar-refractivity contribution >= 4 is 88.3 Å². The van der Waals surface area contributed by atoms with Crippen LogP contribution in [0.4, 0.5) is 0 Å². The molecular formula is C3H9NNa2S2. The molecule has 0 amide bonds. The first-order valence-corrected chi connectivity index (χ1v) is 2.40. The van der Waals surface area contributed by atoms with Crippen molar-refractivity contribution in [3.63, 3.8) is 0 Å². The molecule has 0 saturated carbocycles. The summed E-state index contributed by atoms with van der Waals surface area (Å²) in [4.78, 5) is 1.76. The molecule has 0 bridgehead atoms. The van der Waals surface area contributed by atoms with Crippen LogP contribution in [0, 0.1) is 0 Å². The van der Waals surface area contributed by atoms with E-state index in [2.05, 4.69) is 24.8 Å². The van der Waals surface area contributed by atoms with Crippen molar-refractivity contribution in [1.82, 2.24) is 4.90 Å². The predicted molar refractivity (Wildman–Crippen MR) is 49.6 cm³/mol. The van der Waals surface area contributed by atoms with Crippen LogP contribution in [0.15, 0.2) is 0 Å². The summed E-state index contributed by atoms with van der Waals surface area (Å²) in [7, 11) is 3.71. The Kier molecular flexibility index (Phi) is 19.3. The fourth-order valence-corrected chi connectivity index (χ4v) is 0. The van der Waals surface area contributed by atoms with Gasteiger partial charge in [0.2, 0.25) is 0 Å². The summed E-state index contributed by atoms with van der Waals surface area (Å²) in [5, 5.41) is 0. The molecule has 0 unspecified atom stereocenters. The minimum atomic E-state index is 0. The molecule has 0 rings (SSSR count). The van der Waals surface area contributed by atoms with Gasteiger partial charge in [0.25, 0.3) is 0 Å². The molecule has 0 aromatic heterocycles. The second-order valence-corrected chi connectivity index (χ2v) is 2.29. The van der Waals surface area contributed by atoms with Crippen LogP contribution < -0.4 is 0 Å². The molecule has 8 heavy (non-hydrogen) atoms. The van der Waals surface area contributed by atoms with E-state index in [9.17, 15) is 0 Å². The maximum atomic E-state index is 4.61. The Morgan fingerprint density at radius 1 is 1.38 bits per heavy atom. The Morgan fingerprint density at radius 3 is 1.50 bits per heavy atom. The molecule has 0 saturated heterocycles. The molecule has 0 N–H and O–H groups in total. The second-order valence-electron chi connectivity index (χ2n) is 1.18. The fourth-order valence-electron chi connectivity index (χ4n) is 0. The van der Waals surface area contributed by atoms with Crippen LogP contribution in [0.2, 0.25) is 0 Å². The number of thiocarbonyl (C=S) groups is 1. The predicted octanol–water partition coefficient (Wildman–Crippen LogP) is -0.534. The summed E-state index contributed by atoms with van der Waals surface area (Å²) in [6.45, 7) is 0. The number of rotatable bonds is 0. The molecule has 0 atom stereocenters. The zero-order valence-electron chi connectivity index (χ0n) is 3.80. The van der Waals surface area contributed by atoms with Crippen molar-refractivity contribution in [1.29, 1.82) is 0 Å². The molecule has 0 aliphatic rings. The third kappa shape index (κ3) is 11.1. The van der Waals surface area contributed by atoms with Gasteiger partial charge in [0.1, 0.15) is 4.32 Å². The van der Waals surface area contributed by atoms with E-state index in [0.717, 1.165) is 0 Å². The van der Waals surface area contributed by atoms with Crippen molar-refractivity contribution in [3.8, 4) is 0 Å². The molecule has 0 aromatic rings. The third-order valence-electron chi connectivity index (χ3n) is 0.383. The van der Waals surface area contributed by atoms with E-state index in [1.807, 2.05) is 14.1 Å². The average Bonchev–Trinajstić information content (AvgIpc) is 1.36. The van der Waals surface area contributed by atoms with E-state index in [-0.39, 0.29) is 59.1 Å². The number of nitrogens with zero attached hydrogens (tertiary/aromatic N) is 1. The number of hydrogen-bond acceptors (Lipinski definition) is 1.